The molecule has 0 bridgehead atoms. The molecule has 2 fully saturated rings. The fraction of sp³-hybridized carbons (Fsp3) is 0.682. The maximum absolute atomic E-state index is 6.10. The number of likely N-dealkylation sites (N-methyl/N-ethyl adjacent to an activating group) is 1. The SMILES string of the molecule is CCN1CCCC1CNC(N)=NCc1cccc(CN2CCC(C)CC2)c1. The summed E-state index contributed by atoms with van der Waals surface area (Å²) in [7, 11) is 0. The summed E-state index contributed by atoms with van der Waals surface area (Å²) in [5, 5.41) is 3.32. The lowest BCUT2D eigenvalue weighted by Gasteiger charge is -2.30. The monoisotopic (exact) mass is 371 g/mol. The highest BCUT2D eigenvalue weighted by molar-refractivity contribution is 5.77. The lowest BCUT2D eigenvalue weighted by atomic mass is 9.98. The van der Waals surface area contributed by atoms with Gasteiger partial charge in [0.25, 0.3) is 0 Å². The molecule has 1 aromatic carbocycles. The average molecular weight is 372 g/mol. The Hall–Kier alpha value is -1.59. The summed E-state index contributed by atoms with van der Waals surface area (Å²) in [4.78, 5) is 9.64. The highest BCUT2D eigenvalue weighted by Gasteiger charge is 2.22. The second-order valence-corrected chi connectivity index (χ2v) is 8.29. The van der Waals surface area contributed by atoms with Crippen LogP contribution in [0.5, 0.6) is 0 Å². The minimum atomic E-state index is 0.563. The molecule has 0 radical (unpaired) electrons. The van der Waals surface area contributed by atoms with Gasteiger partial charge in [0.1, 0.15) is 0 Å². The van der Waals surface area contributed by atoms with Crippen molar-refractivity contribution in [3.63, 3.8) is 0 Å². The quantitative estimate of drug-likeness (QED) is 0.572. The number of nitrogens with one attached hydrogen (secondary N) is 1. The van der Waals surface area contributed by atoms with Crippen molar-refractivity contribution in [3.8, 4) is 0 Å². The molecular formula is C22H37N5. The Bertz CT molecular complexity index is 606. The van der Waals surface area contributed by atoms with Gasteiger partial charge in [-0.2, -0.15) is 0 Å². The van der Waals surface area contributed by atoms with Gasteiger partial charge in [-0.25, -0.2) is 4.99 Å². The number of hydrogen-bond donors (Lipinski definition) is 2. The summed E-state index contributed by atoms with van der Waals surface area (Å²) in [5.41, 5.74) is 8.72. The number of hydrogen-bond acceptors (Lipinski definition) is 3. The van der Waals surface area contributed by atoms with E-state index in [1.165, 1.54) is 56.4 Å². The lowest BCUT2D eigenvalue weighted by Crippen LogP contribution is -2.42. The van der Waals surface area contributed by atoms with Crippen LogP contribution >= 0.6 is 0 Å². The molecule has 150 valence electrons. The minimum Gasteiger partial charge on any atom is -0.370 e. The van der Waals surface area contributed by atoms with Crippen molar-refractivity contribution in [1.29, 1.82) is 0 Å². The van der Waals surface area contributed by atoms with Gasteiger partial charge in [0.2, 0.25) is 0 Å². The van der Waals surface area contributed by atoms with Gasteiger partial charge in [-0.3, -0.25) is 9.80 Å². The van der Waals surface area contributed by atoms with Crippen molar-refractivity contribution in [2.75, 3.05) is 32.7 Å². The fourth-order valence-electron chi connectivity index (χ4n) is 4.30. The third kappa shape index (κ3) is 6.22. The van der Waals surface area contributed by atoms with E-state index in [1.807, 2.05) is 0 Å². The van der Waals surface area contributed by atoms with Crippen LogP contribution in [0.3, 0.4) is 0 Å². The summed E-state index contributed by atoms with van der Waals surface area (Å²) in [6.45, 7) is 11.9. The van der Waals surface area contributed by atoms with Gasteiger partial charge >= 0.3 is 0 Å². The molecule has 0 amide bonds. The topological polar surface area (TPSA) is 56.9 Å². The number of nitrogens with two attached hydrogens (primary N) is 1. The van der Waals surface area contributed by atoms with E-state index in [4.69, 9.17) is 5.73 Å². The van der Waals surface area contributed by atoms with E-state index in [0.29, 0.717) is 18.5 Å². The van der Waals surface area contributed by atoms with E-state index >= 15 is 0 Å². The van der Waals surface area contributed by atoms with Crippen LogP contribution < -0.4 is 11.1 Å². The Kier molecular flexibility index (Phi) is 7.53. The fourth-order valence-corrected chi connectivity index (χ4v) is 4.30. The van der Waals surface area contributed by atoms with E-state index in [0.717, 1.165) is 25.6 Å². The van der Waals surface area contributed by atoms with Crippen LogP contribution in [-0.4, -0.2) is 54.5 Å². The van der Waals surface area contributed by atoms with Gasteiger partial charge in [0, 0.05) is 19.1 Å². The zero-order valence-corrected chi connectivity index (χ0v) is 17.2. The van der Waals surface area contributed by atoms with Crippen LogP contribution in [0.1, 0.15) is 50.7 Å². The number of likely N-dealkylation sites (tertiary alicyclic amines) is 2. The summed E-state index contributed by atoms with van der Waals surface area (Å²) in [6, 6.07) is 9.40. The Morgan fingerprint density at radius 1 is 1.19 bits per heavy atom. The van der Waals surface area contributed by atoms with Gasteiger partial charge in [-0.1, -0.05) is 38.1 Å². The smallest absolute Gasteiger partial charge is 0.188 e. The molecule has 5 nitrogen and oxygen atoms in total. The highest BCUT2D eigenvalue weighted by atomic mass is 15.2. The van der Waals surface area contributed by atoms with Gasteiger partial charge in [0.05, 0.1) is 6.54 Å². The van der Waals surface area contributed by atoms with Gasteiger partial charge in [0.15, 0.2) is 5.96 Å². The summed E-state index contributed by atoms with van der Waals surface area (Å²) < 4.78 is 0. The Labute approximate surface area is 165 Å². The molecule has 1 atom stereocenters. The predicted octanol–water partition coefficient (Wildman–Crippen LogP) is 2.81. The normalized spacial score (nSPS) is 23.0. The number of piperidine rings is 1. The van der Waals surface area contributed by atoms with Crippen molar-refractivity contribution >= 4 is 5.96 Å². The first kappa shape index (κ1) is 20.2. The second kappa shape index (κ2) is 10.1. The zero-order valence-electron chi connectivity index (χ0n) is 17.2. The number of rotatable bonds is 7. The van der Waals surface area contributed by atoms with Crippen molar-refractivity contribution in [2.45, 2.75) is 58.7 Å². The molecule has 0 aromatic heterocycles. The van der Waals surface area contributed by atoms with Crippen molar-refractivity contribution in [1.82, 2.24) is 15.1 Å². The first-order valence-electron chi connectivity index (χ1n) is 10.7. The predicted molar refractivity (Wildman–Crippen MR) is 114 cm³/mol. The first-order chi connectivity index (χ1) is 13.1. The summed E-state index contributed by atoms with van der Waals surface area (Å²) >= 11 is 0. The third-order valence-electron chi connectivity index (χ3n) is 6.13. The van der Waals surface area contributed by atoms with Gasteiger partial charge in [-0.15, -0.1) is 0 Å². The average Bonchev–Trinajstić information content (AvgIpc) is 3.14. The molecule has 2 saturated heterocycles. The van der Waals surface area contributed by atoms with Crippen molar-refractivity contribution in [3.05, 3.63) is 35.4 Å². The Morgan fingerprint density at radius 2 is 1.96 bits per heavy atom. The number of guanidine groups is 1. The maximum Gasteiger partial charge on any atom is 0.188 e. The van der Waals surface area contributed by atoms with Crippen LogP contribution in [-0.2, 0) is 13.1 Å². The second-order valence-electron chi connectivity index (χ2n) is 8.29. The van der Waals surface area contributed by atoms with Crippen LogP contribution in [0, 0.1) is 5.92 Å². The molecule has 2 aliphatic heterocycles. The molecule has 3 N–H and O–H groups in total. The maximum atomic E-state index is 6.10. The molecule has 1 unspecified atom stereocenters. The standard InChI is InChI=1S/C22H37N5/c1-3-27-11-5-8-21(27)16-25-22(23)24-15-19-6-4-7-20(14-19)17-26-12-9-18(2)10-13-26/h4,6-7,14,18,21H,3,5,8-13,15-17H2,1-2H3,(H3,23,24,25). The molecule has 3 rings (SSSR count). The molecule has 2 heterocycles. The van der Waals surface area contributed by atoms with E-state index < -0.39 is 0 Å². The minimum absolute atomic E-state index is 0.563. The molecule has 0 spiro atoms. The van der Waals surface area contributed by atoms with Crippen LogP contribution in [0.15, 0.2) is 29.3 Å². The summed E-state index contributed by atoms with van der Waals surface area (Å²) in [5.74, 6) is 1.44. The van der Waals surface area contributed by atoms with E-state index in [1.54, 1.807) is 0 Å². The summed E-state index contributed by atoms with van der Waals surface area (Å²) in [6.07, 6.45) is 5.19. The molecule has 2 aliphatic rings. The molecular weight excluding hydrogens is 334 g/mol. The molecule has 0 aliphatic carbocycles. The van der Waals surface area contributed by atoms with E-state index in [-0.39, 0.29) is 0 Å². The Morgan fingerprint density at radius 3 is 2.74 bits per heavy atom. The number of benzene rings is 1. The van der Waals surface area contributed by atoms with E-state index in [9.17, 15) is 0 Å². The molecule has 5 heteroatoms. The molecule has 1 aromatic rings. The van der Waals surface area contributed by atoms with E-state index in [2.05, 4.69) is 58.2 Å². The number of aliphatic imine (C=N–C) groups is 1. The largest absolute Gasteiger partial charge is 0.370 e. The number of nitrogens with zero attached hydrogens (tertiary/aromatic N) is 3. The van der Waals surface area contributed by atoms with Gasteiger partial charge in [-0.05, 0) is 68.9 Å². The zero-order chi connectivity index (χ0) is 19.1. The third-order valence-corrected chi connectivity index (χ3v) is 6.13. The lowest BCUT2D eigenvalue weighted by molar-refractivity contribution is 0.185. The first-order valence-corrected chi connectivity index (χ1v) is 10.7. The van der Waals surface area contributed by atoms with Crippen LogP contribution in [0.4, 0.5) is 0 Å². The van der Waals surface area contributed by atoms with Gasteiger partial charge < -0.3 is 11.1 Å². The molecule has 27 heavy (non-hydrogen) atoms. The Balaban J connectivity index is 1.46. The van der Waals surface area contributed by atoms with Crippen molar-refractivity contribution < 1.29 is 0 Å². The highest BCUT2D eigenvalue weighted by Crippen LogP contribution is 2.19. The van der Waals surface area contributed by atoms with Crippen LogP contribution in [0.2, 0.25) is 0 Å². The molecule has 0 saturated carbocycles. The van der Waals surface area contributed by atoms with Crippen LogP contribution in [0.25, 0.3) is 0 Å². The van der Waals surface area contributed by atoms with Crippen molar-refractivity contribution in [2.24, 2.45) is 16.6 Å².